The van der Waals surface area contributed by atoms with Crippen molar-refractivity contribution in [1.29, 1.82) is 0 Å². The first-order valence-corrected chi connectivity index (χ1v) is 11.2. The topological polar surface area (TPSA) is 96.1 Å². The number of nitrogens with one attached hydrogen (secondary N) is 3. The van der Waals surface area contributed by atoms with Crippen LogP contribution in [-0.2, 0) is 9.59 Å². The number of imidazole rings is 1. The number of H-pyrrole nitrogens is 1. The molecule has 0 saturated heterocycles. The maximum absolute atomic E-state index is 12.7. The van der Waals surface area contributed by atoms with Crippen molar-refractivity contribution >= 4 is 34.6 Å². The van der Waals surface area contributed by atoms with Crippen molar-refractivity contribution in [2.75, 3.05) is 18.6 Å². The standard InChI is InChI=1S/C22H26N4O3S/c1-15(23-20(27)14-29-16-8-4-3-5-9-16)22(28)26-19(12-13-30-2)21-24-17-10-6-7-11-18(17)25-21/h3-11,15,19H,12-14H2,1-2H3,(H,23,27)(H,24,25)(H,26,28). The van der Waals surface area contributed by atoms with Gasteiger partial charge in [0.05, 0.1) is 17.1 Å². The number of carbonyl (C=O) groups is 2. The van der Waals surface area contributed by atoms with Gasteiger partial charge >= 0.3 is 0 Å². The molecule has 1 heterocycles. The Kier molecular flexibility index (Phi) is 7.73. The molecule has 158 valence electrons. The second kappa shape index (κ2) is 10.7. The largest absolute Gasteiger partial charge is 0.484 e. The quantitative estimate of drug-likeness (QED) is 0.463. The number of amides is 2. The molecule has 0 saturated carbocycles. The zero-order valence-corrected chi connectivity index (χ0v) is 17.9. The van der Waals surface area contributed by atoms with Gasteiger partial charge in [-0.25, -0.2) is 4.98 Å². The zero-order valence-electron chi connectivity index (χ0n) is 17.1. The number of carbonyl (C=O) groups excluding carboxylic acids is 2. The lowest BCUT2D eigenvalue weighted by molar-refractivity contribution is -0.130. The normalized spacial score (nSPS) is 12.9. The molecular formula is C22H26N4O3S. The molecule has 0 fully saturated rings. The van der Waals surface area contributed by atoms with Gasteiger partial charge in [-0.1, -0.05) is 30.3 Å². The third kappa shape index (κ3) is 6.00. The molecule has 0 aliphatic rings. The molecule has 2 amide bonds. The van der Waals surface area contributed by atoms with Crippen LogP contribution in [0, 0.1) is 0 Å². The van der Waals surface area contributed by atoms with Gasteiger partial charge in [0.2, 0.25) is 5.91 Å². The number of ether oxygens (including phenoxy) is 1. The summed E-state index contributed by atoms with van der Waals surface area (Å²) in [6.45, 7) is 1.50. The predicted molar refractivity (Wildman–Crippen MR) is 120 cm³/mol. The number of fused-ring (bicyclic) bond motifs is 1. The van der Waals surface area contributed by atoms with Gasteiger partial charge in [-0.2, -0.15) is 11.8 Å². The molecule has 30 heavy (non-hydrogen) atoms. The monoisotopic (exact) mass is 426 g/mol. The zero-order chi connectivity index (χ0) is 21.3. The van der Waals surface area contributed by atoms with Crippen LogP contribution in [0.5, 0.6) is 5.75 Å². The lowest BCUT2D eigenvalue weighted by Crippen LogP contribution is -2.47. The van der Waals surface area contributed by atoms with Crippen molar-refractivity contribution in [3.05, 3.63) is 60.4 Å². The van der Waals surface area contributed by atoms with Gasteiger partial charge in [0.25, 0.3) is 5.91 Å². The predicted octanol–water partition coefficient (Wildman–Crippen LogP) is 3.06. The third-order valence-electron chi connectivity index (χ3n) is 4.55. The Morgan fingerprint density at radius 2 is 1.83 bits per heavy atom. The lowest BCUT2D eigenvalue weighted by atomic mass is 10.2. The van der Waals surface area contributed by atoms with Crippen LogP contribution >= 0.6 is 11.8 Å². The molecule has 2 aromatic carbocycles. The summed E-state index contributed by atoms with van der Waals surface area (Å²) in [6.07, 6.45) is 2.75. The summed E-state index contributed by atoms with van der Waals surface area (Å²) in [4.78, 5) is 32.7. The summed E-state index contributed by atoms with van der Waals surface area (Å²) < 4.78 is 5.42. The molecule has 0 spiro atoms. The fourth-order valence-electron chi connectivity index (χ4n) is 2.96. The number of benzene rings is 2. The Morgan fingerprint density at radius 3 is 2.57 bits per heavy atom. The van der Waals surface area contributed by atoms with E-state index in [0.29, 0.717) is 11.6 Å². The van der Waals surface area contributed by atoms with E-state index >= 15 is 0 Å². The van der Waals surface area contributed by atoms with Gasteiger partial charge < -0.3 is 20.4 Å². The minimum atomic E-state index is -0.696. The van der Waals surface area contributed by atoms with Crippen LogP contribution in [0.15, 0.2) is 54.6 Å². The van der Waals surface area contributed by atoms with Crippen molar-refractivity contribution < 1.29 is 14.3 Å². The number of para-hydroxylation sites is 3. The van der Waals surface area contributed by atoms with Crippen molar-refractivity contribution in [1.82, 2.24) is 20.6 Å². The fourth-order valence-corrected chi connectivity index (χ4v) is 3.43. The lowest BCUT2D eigenvalue weighted by Gasteiger charge is -2.20. The maximum atomic E-state index is 12.7. The average molecular weight is 427 g/mol. The number of nitrogens with zero attached hydrogens (tertiary/aromatic N) is 1. The minimum absolute atomic E-state index is 0.152. The van der Waals surface area contributed by atoms with E-state index in [1.807, 2.05) is 48.7 Å². The Hall–Kier alpha value is -3.00. The van der Waals surface area contributed by atoms with Gasteiger partial charge in [0.1, 0.15) is 17.6 Å². The van der Waals surface area contributed by atoms with E-state index in [-0.39, 0.29) is 24.5 Å². The number of thioether (sulfide) groups is 1. The van der Waals surface area contributed by atoms with Crippen LogP contribution in [0.3, 0.4) is 0 Å². The second-order valence-corrected chi connectivity index (χ2v) is 7.86. The Bertz CT molecular complexity index is 944. The van der Waals surface area contributed by atoms with Crippen LogP contribution in [0.4, 0.5) is 0 Å². The van der Waals surface area contributed by atoms with E-state index in [0.717, 1.165) is 23.2 Å². The summed E-state index contributed by atoms with van der Waals surface area (Å²) in [5, 5.41) is 5.68. The summed E-state index contributed by atoms with van der Waals surface area (Å²) >= 11 is 1.70. The molecule has 0 radical (unpaired) electrons. The smallest absolute Gasteiger partial charge is 0.258 e. The molecule has 8 heteroatoms. The highest BCUT2D eigenvalue weighted by atomic mass is 32.2. The Balaban J connectivity index is 1.58. The molecule has 2 unspecified atom stereocenters. The number of hydrogen-bond donors (Lipinski definition) is 3. The summed E-state index contributed by atoms with van der Waals surface area (Å²) in [6, 6.07) is 15.9. The third-order valence-corrected chi connectivity index (χ3v) is 5.19. The first kappa shape index (κ1) is 21.7. The minimum Gasteiger partial charge on any atom is -0.484 e. The second-order valence-electron chi connectivity index (χ2n) is 6.87. The number of hydrogen-bond acceptors (Lipinski definition) is 5. The SMILES string of the molecule is CSCCC(NC(=O)C(C)NC(=O)COc1ccccc1)c1nc2ccccc2[nH]1. The molecule has 1 aromatic heterocycles. The maximum Gasteiger partial charge on any atom is 0.258 e. The van der Waals surface area contributed by atoms with Crippen molar-refractivity contribution in [3.8, 4) is 5.75 Å². The van der Waals surface area contributed by atoms with Crippen molar-refractivity contribution in [2.24, 2.45) is 0 Å². The van der Waals surface area contributed by atoms with Gasteiger partial charge in [-0.15, -0.1) is 0 Å². The highest BCUT2D eigenvalue weighted by Gasteiger charge is 2.22. The molecule has 7 nitrogen and oxygen atoms in total. The molecule has 3 rings (SSSR count). The summed E-state index contributed by atoms with van der Waals surface area (Å²) in [7, 11) is 0. The van der Waals surface area contributed by atoms with Crippen molar-refractivity contribution in [2.45, 2.75) is 25.4 Å². The van der Waals surface area contributed by atoms with Crippen LogP contribution in [0.25, 0.3) is 11.0 Å². The molecular weight excluding hydrogens is 400 g/mol. The highest BCUT2D eigenvalue weighted by molar-refractivity contribution is 7.98. The van der Waals surface area contributed by atoms with E-state index in [2.05, 4.69) is 20.6 Å². The van der Waals surface area contributed by atoms with Crippen LogP contribution < -0.4 is 15.4 Å². The van der Waals surface area contributed by atoms with Crippen LogP contribution in [-0.4, -0.2) is 46.4 Å². The average Bonchev–Trinajstić information content (AvgIpc) is 3.20. The van der Waals surface area contributed by atoms with E-state index in [1.54, 1.807) is 30.8 Å². The number of aromatic amines is 1. The molecule has 0 aliphatic heterocycles. The van der Waals surface area contributed by atoms with Gasteiger partial charge in [-0.3, -0.25) is 9.59 Å². The number of rotatable bonds is 10. The van der Waals surface area contributed by atoms with Crippen molar-refractivity contribution in [3.63, 3.8) is 0 Å². The molecule has 0 aliphatic carbocycles. The fraction of sp³-hybridized carbons (Fsp3) is 0.318. The van der Waals surface area contributed by atoms with Gasteiger partial charge in [-0.05, 0) is 49.6 Å². The van der Waals surface area contributed by atoms with Gasteiger partial charge in [0.15, 0.2) is 6.61 Å². The first-order chi connectivity index (χ1) is 14.6. The van der Waals surface area contributed by atoms with Crippen LogP contribution in [0.2, 0.25) is 0 Å². The Morgan fingerprint density at radius 1 is 1.10 bits per heavy atom. The molecule has 0 bridgehead atoms. The Labute approximate surface area is 180 Å². The number of aromatic nitrogens is 2. The summed E-state index contributed by atoms with van der Waals surface area (Å²) in [5.41, 5.74) is 1.78. The van der Waals surface area contributed by atoms with E-state index in [1.165, 1.54) is 0 Å². The molecule has 2 atom stereocenters. The van der Waals surface area contributed by atoms with Gasteiger partial charge in [0, 0.05) is 0 Å². The van der Waals surface area contributed by atoms with E-state index in [4.69, 9.17) is 4.74 Å². The highest BCUT2D eigenvalue weighted by Crippen LogP contribution is 2.20. The summed E-state index contributed by atoms with van der Waals surface area (Å²) in [5.74, 6) is 1.56. The first-order valence-electron chi connectivity index (χ1n) is 9.78. The van der Waals surface area contributed by atoms with Crippen LogP contribution in [0.1, 0.15) is 25.2 Å². The van der Waals surface area contributed by atoms with E-state index < -0.39 is 6.04 Å². The molecule has 3 N–H and O–H groups in total. The molecule has 3 aromatic rings. The van der Waals surface area contributed by atoms with E-state index in [9.17, 15) is 9.59 Å².